The van der Waals surface area contributed by atoms with Gasteiger partial charge in [-0.1, -0.05) is 0 Å². The van der Waals surface area contributed by atoms with E-state index in [1.54, 1.807) is 19.3 Å². The molecule has 1 rings (SSSR count). The first-order valence-corrected chi connectivity index (χ1v) is 5.43. The number of pyridine rings is 1. The molecule has 0 aromatic carbocycles. The van der Waals surface area contributed by atoms with Crippen LogP contribution in [0.1, 0.15) is 20.3 Å². The normalized spacial score (nSPS) is 14.9. The van der Waals surface area contributed by atoms with Crippen LogP contribution in [0.4, 0.5) is 5.69 Å². The Labute approximate surface area is 92.7 Å². The van der Waals surface area contributed by atoms with E-state index in [4.69, 9.17) is 0 Å². The van der Waals surface area contributed by atoms with Crippen LogP contribution < -0.4 is 5.32 Å². The van der Waals surface area contributed by atoms with Crippen molar-refractivity contribution in [1.82, 2.24) is 4.98 Å². The average molecular weight is 259 g/mol. The van der Waals surface area contributed by atoms with Crippen molar-refractivity contribution in [3.05, 3.63) is 22.9 Å². The van der Waals surface area contributed by atoms with Gasteiger partial charge in [-0.15, -0.1) is 0 Å². The molecule has 3 nitrogen and oxygen atoms in total. The fourth-order valence-corrected chi connectivity index (χ4v) is 1.69. The first-order chi connectivity index (χ1) is 6.59. The van der Waals surface area contributed by atoms with Crippen LogP contribution in [-0.4, -0.2) is 22.2 Å². The van der Waals surface area contributed by atoms with E-state index < -0.39 is 0 Å². The Morgan fingerprint density at radius 2 is 2.29 bits per heavy atom. The highest BCUT2D eigenvalue weighted by Crippen LogP contribution is 2.21. The third kappa shape index (κ3) is 3.64. The Bertz CT molecular complexity index is 291. The Hall–Kier alpha value is -0.610. The van der Waals surface area contributed by atoms with Crippen LogP contribution in [0.3, 0.4) is 0 Å². The van der Waals surface area contributed by atoms with Crippen LogP contribution in [0.15, 0.2) is 22.9 Å². The van der Waals surface area contributed by atoms with E-state index in [1.165, 1.54) is 0 Å². The topological polar surface area (TPSA) is 45.1 Å². The van der Waals surface area contributed by atoms with Gasteiger partial charge in [-0.25, -0.2) is 0 Å². The number of rotatable bonds is 4. The minimum Gasteiger partial charge on any atom is -0.393 e. The zero-order valence-electron chi connectivity index (χ0n) is 8.37. The largest absolute Gasteiger partial charge is 0.393 e. The van der Waals surface area contributed by atoms with Crippen molar-refractivity contribution in [3.8, 4) is 0 Å². The second kappa shape index (κ2) is 5.32. The number of anilines is 1. The smallest absolute Gasteiger partial charge is 0.0590 e. The molecule has 0 radical (unpaired) electrons. The molecule has 2 atom stereocenters. The Morgan fingerprint density at radius 3 is 2.86 bits per heavy atom. The second-order valence-electron chi connectivity index (χ2n) is 3.49. The standard InChI is InChI=1S/C10H15BrN2O/c1-7(5-8(2)14)13-10-3-4-12-6-9(10)11/h3-4,6-8,14H,5H2,1-2H3,(H,12,13). The summed E-state index contributed by atoms with van der Waals surface area (Å²) < 4.78 is 0.942. The van der Waals surface area contributed by atoms with Crippen LogP contribution >= 0.6 is 15.9 Å². The van der Waals surface area contributed by atoms with Gasteiger partial charge in [0.2, 0.25) is 0 Å². The van der Waals surface area contributed by atoms with E-state index in [0.717, 1.165) is 16.6 Å². The lowest BCUT2D eigenvalue weighted by molar-refractivity contribution is 0.179. The first kappa shape index (κ1) is 11.5. The predicted octanol–water partition coefficient (Wildman–Crippen LogP) is 2.42. The minimum absolute atomic E-state index is 0.244. The molecule has 14 heavy (non-hydrogen) atoms. The van der Waals surface area contributed by atoms with Gasteiger partial charge in [0.25, 0.3) is 0 Å². The Kier molecular flexibility index (Phi) is 4.35. The molecule has 2 unspecified atom stereocenters. The molecule has 0 bridgehead atoms. The molecule has 78 valence electrons. The SMILES string of the molecule is CC(O)CC(C)Nc1ccncc1Br. The summed E-state index contributed by atoms with van der Waals surface area (Å²) in [6, 6.07) is 2.15. The molecule has 1 heterocycles. The molecule has 0 fully saturated rings. The maximum atomic E-state index is 9.21. The molecule has 1 aromatic rings. The molecule has 4 heteroatoms. The van der Waals surface area contributed by atoms with Gasteiger partial charge < -0.3 is 10.4 Å². The van der Waals surface area contributed by atoms with Crippen molar-refractivity contribution >= 4 is 21.6 Å². The van der Waals surface area contributed by atoms with E-state index >= 15 is 0 Å². The van der Waals surface area contributed by atoms with Gasteiger partial charge in [0.15, 0.2) is 0 Å². The minimum atomic E-state index is -0.280. The van der Waals surface area contributed by atoms with E-state index in [9.17, 15) is 5.11 Å². The molecule has 0 amide bonds. The van der Waals surface area contributed by atoms with Gasteiger partial charge in [-0.05, 0) is 42.3 Å². The summed E-state index contributed by atoms with van der Waals surface area (Å²) in [7, 11) is 0. The number of nitrogens with zero attached hydrogens (tertiary/aromatic N) is 1. The van der Waals surface area contributed by atoms with Crippen molar-refractivity contribution in [1.29, 1.82) is 0 Å². The zero-order chi connectivity index (χ0) is 10.6. The molecule has 0 aliphatic rings. The Morgan fingerprint density at radius 1 is 1.57 bits per heavy atom. The summed E-state index contributed by atoms with van der Waals surface area (Å²) in [6.07, 6.45) is 3.94. The van der Waals surface area contributed by atoms with Crippen LogP contribution in [0.5, 0.6) is 0 Å². The number of hydrogen-bond donors (Lipinski definition) is 2. The number of nitrogens with one attached hydrogen (secondary N) is 1. The van der Waals surface area contributed by atoms with Crippen molar-refractivity contribution in [2.45, 2.75) is 32.4 Å². The van der Waals surface area contributed by atoms with E-state index in [0.29, 0.717) is 0 Å². The van der Waals surface area contributed by atoms with Gasteiger partial charge in [0.1, 0.15) is 0 Å². The van der Waals surface area contributed by atoms with Crippen LogP contribution in [0.25, 0.3) is 0 Å². The van der Waals surface area contributed by atoms with Gasteiger partial charge >= 0.3 is 0 Å². The van der Waals surface area contributed by atoms with E-state index in [2.05, 4.69) is 26.2 Å². The number of halogens is 1. The molecular formula is C10H15BrN2O. The third-order valence-electron chi connectivity index (χ3n) is 1.87. The average Bonchev–Trinajstić information content (AvgIpc) is 2.07. The summed E-state index contributed by atoms with van der Waals surface area (Å²) in [5.74, 6) is 0. The Balaban J connectivity index is 2.56. The van der Waals surface area contributed by atoms with Crippen molar-refractivity contribution < 1.29 is 5.11 Å². The molecule has 0 aliphatic heterocycles. The number of hydrogen-bond acceptors (Lipinski definition) is 3. The van der Waals surface area contributed by atoms with Gasteiger partial charge in [-0.3, -0.25) is 4.98 Å². The fourth-order valence-electron chi connectivity index (χ4n) is 1.33. The van der Waals surface area contributed by atoms with Crippen molar-refractivity contribution in [2.24, 2.45) is 0 Å². The molecule has 0 saturated carbocycles. The van der Waals surface area contributed by atoms with Crippen LogP contribution in [-0.2, 0) is 0 Å². The zero-order valence-corrected chi connectivity index (χ0v) is 9.95. The molecule has 0 spiro atoms. The van der Waals surface area contributed by atoms with Crippen LogP contribution in [0.2, 0.25) is 0 Å². The van der Waals surface area contributed by atoms with Gasteiger partial charge in [0.05, 0.1) is 16.3 Å². The second-order valence-corrected chi connectivity index (χ2v) is 4.34. The first-order valence-electron chi connectivity index (χ1n) is 4.63. The molecule has 1 aromatic heterocycles. The predicted molar refractivity (Wildman–Crippen MR) is 61.3 cm³/mol. The number of aromatic nitrogens is 1. The van der Waals surface area contributed by atoms with E-state index in [-0.39, 0.29) is 12.1 Å². The highest BCUT2D eigenvalue weighted by Gasteiger charge is 2.07. The lowest BCUT2D eigenvalue weighted by Crippen LogP contribution is -2.20. The molecule has 0 saturated heterocycles. The lowest BCUT2D eigenvalue weighted by atomic mass is 10.1. The van der Waals surface area contributed by atoms with Gasteiger partial charge in [0, 0.05) is 18.4 Å². The monoisotopic (exact) mass is 258 g/mol. The summed E-state index contributed by atoms with van der Waals surface area (Å²) in [4.78, 5) is 3.98. The summed E-state index contributed by atoms with van der Waals surface area (Å²) in [5.41, 5.74) is 1.01. The van der Waals surface area contributed by atoms with E-state index in [1.807, 2.05) is 13.0 Å². The van der Waals surface area contributed by atoms with Crippen molar-refractivity contribution in [2.75, 3.05) is 5.32 Å². The molecule has 0 aliphatic carbocycles. The lowest BCUT2D eigenvalue weighted by Gasteiger charge is -2.17. The summed E-state index contributed by atoms with van der Waals surface area (Å²) in [6.45, 7) is 3.83. The third-order valence-corrected chi connectivity index (χ3v) is 2.50. The number of aliphatic hydroxyl groups is 1. The highest BCUT2D eigenvalue weighted by atomic mass is 79.9. The van der Waals surface area contributed by atoms with Crippen molar-refractivity contribution in [3.63, 3.8) is 0 Å². The maximum absolute atomic E-state index is 9.21. The maximum Gasteiger partial charge on any atom is 0.0590 e. The number of aliphatic hydroxyl groups excluding tert-OH is 1. The molecule has 2 N–H and O–H groups in total. The summed E-state index contributed by atoms with van der Waals surface area (Å²) in [5, 5.41) is 12.5. The van der Waals surface area contributed by atoms with Crippen LogP contribution in [0, 0.1) is 0 Å². The quantitative estimate of drug-likeness (QED) is 0.872. The summed E-state index contributed by atoms with van der Waals surface area (Å²) >= 11 is 3.40. The van der Waals surface area contributed by atoms with Gasteiger partial charge in [-0.2, -0.15) is 0 Å². The fraction of sp³-hybridized carbons (Fsp3) is 0.500. The highest BCUT2D eigenvalue weighted by molar-refractivity contribution is 9.10. The molecular weight excluding hydrogens is 244 g/mol.